The Morgan fingerprint density at radius 3 is 2.55 bits per heavy atom. The molecule has 0 aliphatic rings. The van der Waals surface area contributed by atoms with Gasteiger partial charge in [0.2, 0.25) is 11.9 Å². The van der Waals surface area contributed by atoms with E-state index in [1.165, 1.54) is 7.11 Å². The Morgan fingerprint density at radius 2 is 1.95 bits per heavy atom. The Hall–Kier alpha value is -2.41. The molecule has 1 aromatic heterocycles. The van der Waals surface area contributed by atoms with Gasteiger partial charge in [-0.1, -0.05) is 30.3 Å². The average Bonchev–Trinajstić information content (AvgIpc) is 2.47. The van der Waals surface area contributed by atoms with E-state index in [-0.39, 0.29) is 24.5 Å². The van der Waals surface area contributed by atoms with Crippen LogP contribution in [0, 0.1) is 0 Å². The highest BCUT2D eigenvalue weighted by molar-refractivity contribution is 5.39. The lowest BCUT2D eigenvalue weighted by molar-refractivity contribution is 0.223. The normalized spacial score (nSPS) is 13.6. The third kappa shape index (κ3) is 2.94. The minimum absolute atomic E-state index is 0.0488. The Balaban J connectivity index is 2.33. The Kier molecular flexibility index (Phi) is 3.99. The first-order valence-corrected chi connectivity index (χ1v) is 6.07. The standard InChI is InChI=1S/C13H17N5O2/c1-13(8-19,9-6-4-3-5-7-9)18-11-15-10(14)16-12(17-11)20-2/h3-7,19H,8H2,1-2H3,(H3,14,15,16,17,18). The summed E-state index contributed by atoms with van der Waals surface area (Å²) >= 11 is 0. The summed E-state index contributed by atoms with van der Waals surface area (Å²) in [4.78, 5) is 11.9. The van der Waals surface area contributed by atoms with Crippen molar-refractivity contribution in [3.8, 4) is 6.01 Å². The molecule has 1 atom stereocenters. The second-order valence-corrected chi connectivity index (χ2v) is 4.49. The maximum absolute atomic E-state index is 9.70. The van der Waals surface area contributed by atoms with Gasteiger partial charge in [0.15, 0.2) is 0 Å². The fraction of sp³-hybridized carbons (Fsp3) is 0.308. The number of hydrogen-bond acceptors (Lipinski definition) is 7. The van der Waals surface area contributed by atoms with Crippen molar-refractivity contribution in [1.82, 2.24) is 15.0 Å². The second kappa shape index (κ2) is 5.70. The first-order chi connectivity index (χ1) is 9.57. The van der Waals surface area contributed by atoms with Crippen molar-refractivity contribution < 1.29 is 9.84 Å². The van der Waals surface area contributed by atoms with Crippen LogP contribution in [0.5, 0.6) is 6.01 Å². The van der Waals surface area contributed by atoms with Gasteiger partial charge in [0.05, 0.1) is 19.3 Å². The zero-order chi connectivity index (χ0) is 14.6. The highest BCUT2D eigenvalue weighted by Gasteiger charge is 2.27. The first kappa shape index (κ1) is 14.0. The topological polar surface area (TPSA) is 106 Å². The van der Waals surface area contributed by atoms with Crippen molar-refractivity contribution in [2.45, 2.75) is 12.5 Å². The summed E-state index contributed by atoms with van der Waals surface area (Å²) in [6, 6.07) is 9.63. The molecule has 1 aromatic carbocycles. The van der Waals surface area contributed by atoms with Crippen molar-refractivity contribution in [2.24, 2.45) is 0 Å². The molecule has 0 bridgehead atoms. The molecule has 7 nitrogen and oxygen atoms in total. The molecule has 0 saturated carbocycles. The Bertz CT molecular complexity index is 578. The van der Waals surface area contributed by atoms with Crippen molar-refractivity contribution in [3.63, 3.8) is 0 Å². The molecule has 0 aliphatic heterocycles. The van der Waals surface area contributed by atoms with Gasteiger partial charge in [-0.3, -0.25) is 0 Å². The molecule has 0 spiro atoms. The van der Waals surface area contributed by atoms with Crippen LogP contribution < -0.4 is 15.8 Å². The van der Waals surface area contributed by atoms with E-state index in [1.807, 2.05) is 37.3 Å². The highest BCUT2D eigenvalue weighted by Crippen LogP contribution is 2.24. The molecule has 7 heteroatoms. The summed E-state index contributed by atoms with van der Waals surface area (Å²) in [6.07, 6.45) is 0. The van der Waals surface area contributed by atoms with E-state index in [0.717, 1.165) is 5.56 Å². The molecule has 0 aliphatic carbocycles. The number of nitrogens with two attached hydrogens (primary N) is 1. The number of benzene rings is 1. The predicted molar refractivity (Wildman–Crippen MR) is 75.3 cm³/mol. The van der Waals surface area contributed by atoms with Gasteiger partial charge >= 0.3 is 6.01 Å². The molecule has 0 radical (unpaired) electrons. The number of methoxy groups -OCH3 is 1. The first-order valence-electron chi connectivity index (χ1n) is 6.07. The zero-order valence-electron chi connectivity index (χ0n) is 11.4. The number of nitrogen functional groups attached to an aromatic ring is 1. The summed E-state index contributed by atoms with van der Waals surface area (Å²) in [5.41, 5.74) is 5.76. The maximum atomic E-state index is 9.70. The molecule has 20 heavy (non-hydrogen) atoms. The van der Waals surface area contributed by atoms with E-state index in [4.69, 9.17) is 10.5 Å². The summed E-state index contributed by atoms with van der Waals surface area (Å²) in [6.45, 7) is 1.71. The molecule has 106 valence electrons. The molecule has 1 unspecified atom stereocenters. The van der Waals surface area contributed by atoms with Gasteiger partial charge in [-0.05, 0) is 12.5 Å². The van der Waals surface area contributed by atoms with Crippen LogP contribution in [0.25, 0.3) is 0 Å². The molecule has 4 N–H and O–H groups in total. The van der Waals surface area contributed by atoms with E-state index >= 15 is 0 Å². The number of aliphatic hydroxyl groups excluding tert-OH is 1. The van der Waals surface area contributed by atoms with Crippen LogP contribution >= 0.6 is 0 Å². The maximum Gasteiger partial charge on any atom is 0.322 e. The fourth-order valence-corrected chi connectivity index (χ4v) is 1.78. The van der Waals surface area contributed by atoms with Crippen molar-refractivity contribution in [3.05, 3.63) is 35.9 Å². The molecule has 0 saturated heterocycles. The van der Waals surface area contributed by atoms with Crippen LogP contribution in [0.4, 0.5) is 11.9 Å². The van der Waals surface area contributed by atoms with Crippen molar-refractivity contribution in [1.29, 1.82) is 0 Å². The highest BCUT2D eigenvalue weighted by atomic mass is 16.5. The van der Waals surface area contributed by atoms with Crippen LogP contribution in [0.2, 0.25) is 0 Å². The number of ether oxygens (including phenoxy) is 1. The smallest absolute Gasteiger partial charge is 0.322 e. The Morgan fingerprint density at radius 1 is 1.25 bits per heavy atom. The molecule has 0 amide bonds. The van der Waals surface area contributed by atoms with E-state index in [2.05, 4.69) is 20.3 Å². The van der Waals surface area contributed by atoms with Gasteiger partial charge in [0.1, 0.15) is 0 Å². The quantitative estimate of drug-likeness (QED) is 0.740. The lowest BCUT2D eigenvalue weighted by atomic mass is 9.93. The lowest BCUT2D eigenvalue weighted by Crippen LogP contribution is -2.36. The largest absolute Gasteiger partial charge is 0.467 e. The second-order valence-electron chi connectivity index (χ2n) is 4.49. The number of rotatable bonds is 5. The SMILES string of the molecule is COc1nc(N)nc(NC(C)(CO)c2ccccc2)n1. The third-order valence-electron chi connectivity index (χ3n) is 2.93. The number of nitrogens with zero attached hydrogens (tertiary/aromatic N) is 3. The fourth-order valence-electron chi connectivity index (χ4n) is 1.78. The molecular weight excluding hydrogens is 258 g/mol. The molecule has 2 rings (SSSR count). The van der Waals surface area contributed by atoms with E-state index in [1.54, 1.807) is 0 Å². The number of nitrogens with one attached hydrogen (secondary N) is 1. The summed E-state index contributed by atoms with van der Waals surface area (Å²) < 4.78 is 4.94. The number of hydrogen-bond donors (Lipinski definition) is 3. The van der Waals surface area contributed by atoms with E-state index in [0.29, 0.717) is 0 Å². The summed E-state index contributed by atoms with van der Waals surface area (Å²) in [7, 11) is 1.45. The molecule has 1 heterocycles. The van der Waals surface area contributed by atoms with Crippen LogP contribution in [-0.2, 0) is 5.54 Å². The summed E-state index contributed by atoms with van der Waals surface area (Å²) in [5.74, 6) is 0.294. The van der Waals surface area contributed by atoms with Crippen LogP contribution in [0.15, 0.2) is 30.3 Å². The number of anilines is 2. The van der Waals surface area contributed by atoms with Crippen molar-refractivity contribution in [2.75, 3.05) is 24.8 Å². The van der Waals surface area contributed by atoms with Crippen LogP contribution in [0.3, 0.4) is 0 Å². The van der Waals surface area contributed by atoms with E-state index in [9.17, 15) is 5.11 Å². The van der Waals surface area contributed by atoms with Gasteiger partial charge < -0.3 is 20.9 Å². The van der Waals surface area contributed by atoms with E-state index < -0.39 is 5.54 Å². The van der Waals surface area contributed by atoms with Crippen LogP contribution in [-0.4, -0.2) is 33.8 Å². The Labute approximate surface area is 116 Å². The number of aromatic nitrogens is 3. The number of aliphatic hydroxyl groups is 1. The monoisotopic (exact) mass is 275 g/mol. The predicted octanol–water partition coefficient (Wildman–Crippen LogP) is 0.782. The average molecular weight is 275 g/mol. The lowest BCUT2D eigenvalue weighted by Gasteiger charge is -2.29. The zero-order valence-corrected chi connectivity index (χ0v) is 11.4. The van der Waals surface area contributed by atoms with Gasteiger partial charge in [-0.15, -0.1) is 0 Å². The van der Waals surface area contributed by atoms with Gasteiger partial charge in [-0.2, -0.15) is 15.0 Å². The molecule has 2 aromatic rings. The third-order valence-corrected chi connectivity index (χ3v) is 2.93. The van der Waals surface area contributed by atoms with Gasteiger partial charge in [0, 0.05) is 0 Å². The van der Waals surface area contributed by atoms with Crippen LogP contribution in [0.1, 0.15) is 12.5 Å². The molecule has 0 fully saturated rings. The minimum atomic E-state index is -0.736. The molecular formula is C13H17N5O2. The minimum Gasteiger partial charge on any atom is -0.467 e. The summed E-state index contributed by atoms with van der Waals surface area (Å²) in [5, 5.41) is 12.8. The van der Waals surface area contributed by atoms with Gasteiger partial charge in [0.25, 0.3) is 0 Å². The van der Waals surface area contributed by atoms with Gasteiger partial charge in [-0.25, -0.2) is 0 Å². The van der Waals surface area contributed by atoms with Crippen molar-refractivity contribution >= 4 is 11.9 Å².